The van der Waals surface area contributed by atoms with E-state index < -0.39 is 0 Å². The lowest BCUT2D eigenvalue weighted by atomic mass is 10.00. The van der Waals surface area contributed by atoms with Crippen molar-refractivity contribution in [3.63, 3.8) is 0 Å². The minimum Gasteiger partial charge on any atom is -0.350 e. The summed E-state index contributed by atoms with van der Waals surface area (Å²) in [6.45, 7) is 5.92. The van der Waals surface area contributed by atoms with Gasteiger partial charge in [-0.15, -0.1) is 11.3 Å². The Morgan fingerprint density at radius 3 is 2.71 bits per heavy atom. The molecule has 6 heteroatoms. The van der Waals surface area contributed by atoms with Crippen LogP contribution in [0.2, 0.25) is 0 Å². The Morgan fingerprint density at radius 2 is 2.00 bits per heavy atom. The van der Waals surface area contributed by atoms with Gasteiger partial charge in [-0.1, -0.05) is 18.2 Å². The van der Waals surface area contributed by atoms with Gasteiger partial charge in [0.2, 0.25) is 0 Å². The van der Waals surface area contributed by atoms with Gasteiger partial charge < -0.3 is 16.0 Å². The predicted molar refractivity (Wildman–Crippen MR) is 103 cm³/mol. The van der Waals surface area contributed by atoms with Crippen molar-refractivity contribution in [1.29, 1.82) is 0 Å². The molecule has 1 aliphatic rings. The summed E-state index contributed by atoms with van der Waals surface area (Å²) in [5.41, 5.74) is 4.49. The molecule has 0 aliphatic carbocycles. The third-order valence-electron chi connectivity index (χ3n) is 4.19. The Kier molecular flexibility index (Phi) is 4.69. The molecule has 2 heterocycles. The van der Waals surface area contributed by atoms with Gasteiger partial charge in [0.15, 0.2) is 5.11 Å². The van der Waals surface area contributed by atoms with Crippen molar-refractivity contribution in [2.24, 2.45) is 0 Å². The molecule has 0 saturated carbocycles. The lowest BCUT2D eigenvalue weighted by Crippen LogP contribution is -2.45. The highest BCUT2D eigenvalue weighted by Gasteiger charge is 2.30. The van der Waals surface area contributed by atoms with E-state index in [1.54, 1.807) is 11.3 Å². The second kappa shape index (κ2) is 6.75. The van der Waals surface area contributed by atoms with Crippen LogP contribution in [0.15, 0.2) is 47.0 Å². The Labute approximate surface area is 151 Å². The molecule has 3 rings (SSSR count). The van der Waals surface area contributed by atoms with E-state index >= 15 is 0 Å². The van der Waals surface area contributed by atoms with Gasteiger partial charge >= 0.3 is 0 Å². The molecule has 0 bridgehead atoms. The molecular formula is C18H19N3OS2. The fourth-order valence-corrected chi connectivity index (χ4v) is 3.80. The Hall–Kier alpha value is -2.18. The normalized spacial score (nSPS) is 17.3. The number of amides is 1. The zero-order chi connectivity index (χ0) is 17.3. The van der Waals surface area contributed by atoms with E-state index in [1.807, 2.05) is 56.5 Å². The van der Waals surface area contributed by atoms with Crippen LogP contribution in [0.3, 0.4) is 0 Å². The summed E-state index contributed by atoms with van der Waals surface area (Å²) in [4.78, 5) is 14.0. The summed E-state index contributed by atoms with van der Waals surface area (Å²) >= 11 is 6.86. The van der Waals surface area contributed by atoms with E-state index in [2.05, 4.69) is 16.0 Å². The molecular weight excluding hydrogens is 338 g/mol. The molecule has 3 N–H and O–H groups in total. The van der Waals surface area contributed by atoms with Crippen molar-refractivity contribution in [2.75, 3.05) is 5.32 Å². The molecule has 0 fully saturated rings. The Balaban J connectivity index is 1.95. The molecule has 0 saturated heterocycles. The molecule has 1 atom stereocenters. The van der Waals surface area contributed by atoms with Crippen molar-refractivity contribution >= 4 is 40.3 Å². The summed E-state index contributed by atoms with van der Waals surface area (Å²) in [6, 6.07) is 9.65. The van der Waals surface area contributed by atoms with Crippen LogP contribution in [0.1, 0.15) is 29.0 Å². The number of carbonyl (C=O) groups is 1. The van der Waals surface area contributed by atoms with E-state index in [4.69, 9.17) is 12.2 Å². The van der Waals surface area contributed by atoms with E-state index in [9.17, 15) is 4.79 Å². The highest BCUT2D eigenvalue weighted by atomic mass is 32.1. The molecule has 1 aromatic heterocycles. The number of allylic oxidation sites excluding steroid dienone is 1. The van der Waals surface area contributed by atoms with Crippen molar-refractivity contribution in [2.45, 2.75) is 26.8 Å². The maximum Gasteiger partial charge on any atom is 0.255 e. The molecule has 0 unspecified atom stereocenters. The fraction of sp³-hybridized carbons (Fsp3) is 0.222. The SMILES string of the molecule is CC1=C(C(=O)Nc2cccc(C)c2C)[C@@H](c2cccs2)NC(=S)N1. The smallest absolute Gasteiger partial charge is 0.255 e. The van der Waals surface area contributed by atoms with E-state index in [1.165, 1.54) is 0 Å². The van der Waals surface area contributed by atoms with Crippen LogP contribution >= 0.6 is 23.6 Å². The second-order valence-corrected chi connectivity index (χ2v) is 7.17. The number of carbonyl (C=O) groups excluding carboxylic acids is 1. The molecule has 1 aromatic carbocycles. The molecule has 1 amide bonds. The lowest BCUT2D eigenvalue weighted by molar-refractivity contribution is -0.113. The lowest BCUT2D eigenvalue weighted by Gasteiger charge is -2.29. The Morgan fingerprint density at radius 1 is 1.21 bits per heavy atom. The first-order valence-corrected chi connectivity index (χ1v) is 8.95. The van der Waals surface area contributed by atoms with Gasteiger partial charge in [-0.25, -0.2) is 0 Å². The van der Waals surface area contributed by atoms with Gasteiger partial charge in [0.1, 0.15) is 0 Å². The maximum atomic E-state index is 13.0. The summed E-state index contributed by atoms with van der Waals surface area (Å²) in [5, 5.41) is 11.8. The van der Waals surface area contributed by atoms with Crippen LogP contribution in [0.4, 0.5) is 5.69 Å². The number of thiophene rings is 1. The van der Waals surface area contributed by atoms with Crippen LogP contribution in [0.25, 0.3) is 0 Å². The fourth-order valence-electron chi connectivity index (χ4n) is 2.74. The van der Waals surface area contributed by atoms with Crippen LogP contribution in [-0.4, -0.2) is 11.0 Å². The topological polar surface area (TPSA) is 53.2 Å². The number of hydrogen-bond acceptors (Lipinski definition) is 3. The summed E-state index contributed by atoms with van der Waals surface area (Å²) in [7, 11) is 0. The monoisotopic (exact) mass is 357 g/mol. The Bertz CT molecular complexity index is 825. The molecule has 4 nitrogen and oxygen atoms in total. The van der Waals surface area contributed by atoms with E-state index in [0.717, 1.165) is 27.4 Å². The third-order valence-corrected chi connectivity index (χ3v) is 5.35. The van der Waals surface area contributed by atoms with Crippen LogP contribution in [0.5, 0.6) is 0 Å². The largest absolute Gasteiger partial charge is 0.350 e. The van der Waals surface area contributed by atoms with Crippen molar-refractivity contribution in [3.05, 3.63) is 63.0 Å². The van der Waals surface area contributed by atoms with Gasteiger partial charge in [-0.2, -0.15) is 0 Å². The summed E-state index contributed by atoms with van der Waals surface area (Å²) in [6.07, 6.45) is 0. The van der Waals surface area contributed by atoms with Gasteiger partial charge in [0.05, 0.1) is 11.6 Å². The van der Waals surface area contributed by atoms with Crippen molar-refractivity contribution < 1.29 is 4.79 Å². The molecule has 2 aromatic rings. The number of aryl methyl sites for hydroxylation is 1. The molecule has 0 spiro atoms. The van der Waals surface area contributed by atoms with Crippen molar-refractivity contribution in [1.82, 2.24) is 10.6 Å². The quantitative estimate of drug-likeness (QED) is 0.732. The second-order valence-electron chi connectivity index (χ2n) is 5.79. The van der Waals surface area contributed by atoms with Crippen molar-refractivity contribution in [3.8, 4) is 0 Å². The number of anilines is 1. The van der Waals surface area contributed by atoms with Gasteiger partial charge in [0.25, 0.3) is 5.91 Å². The number of hydrogen-bond donors (Lipinski definition) is 3. The average Bonchev–Trinajstić information content (AvgIpc) is 3.05. The first-order chi connectivity index (χ1) is 11.5. The highest BCUT2D eigenvalue weighted by molar-refractivity contribution is 7.80. The zero-order valence-electron chi connectivity index (χ0n) is 13.8. The van der Waals surface area contributed by atoms with Gasteiger partial charge in [-0.3, -0.25) is 4.79 Å². The van der Waals surface area contributed by atoms with Gasteiger partial charge in [-0.05, 0) is 61.6 Å². The molecule has 0 radical (unpaired) electrons. The number of thiocarbonyl (C=S) groups is 1. The minimum atomic E-state index is -0.233. The number of nitrogens with one attached hydrogen (secondary N) is 3. The average molecular weight is 358 g/mol. The van der Waals surface area contributed by atoms with E-state index in [-0.39, 0.29) is 11.9 Å². The first kappa shape index (κ1) is 16.7. The van der Waals surface area contributed by atoms with E-state index in [0.29, 0.717) is 10.7 Å². The predicted octanol–water partition coefficient (Wildman–Crippen LogP) is 3.80. The van der Waals surface area contributed by atoms with Gasteiger partial charge in [0, 0.05) is 16.3 Å². The standard InChI is InChI=1S/C18H19N3OS2/c1-10-6-4-7-13(11(10)2)20-17(22)15-12(3)19-18(23)21-16(15)14-8-5-9-24-14/h4-9,16H,1-3H3,(H,20,22)(H2,19,21,23)/t16-/m1/s1. The first-order valence-electron chi connectivity index (χ1n) is 7.66. The number of benzene rings is 1. The minimum absolute atomic E-state index is 0.123. The van der Waals surface area contributed by atoms with Crippen LogP contribution < -0.4 is 16.0 Å². The molecule has 1 aliphatic heterocycles. The number of rotatable bonds is 3. The highest BCUT2D eigenvalue weighted by Crippen LogP contribution is 2.31. The van der Waals surface area contributed by atoms with Crippen LogP contribution in [-0.2, 0) is 4.79 Å². The summed E-state index contributed by atoms with van der Waals surface area (Å²) < 4.78 is 0. The summed E-state index contributed by atoms with van der Waals surface area (Å²) in [5.74, 6) is -0.123. The molecule has 124 valence electrons. The molecule has 24 heavy (non-hydrogen) atoms. The van der Waals surface area contributed by atoms with Crippen LogP contribution in [0, 0.1) is 13.8 Å². The zero-order valence-corrected chi connectivity index (χ0v) is 15.4. The third kappa shape index (κ3) is 3.20. The maximum absolute atomic E-state index is 13.0.